The van der Waals surface area contributed by atoms with E-state index in [9.17, 15) is 0 Å². The lowest BCUT2D eigenvalue weighted by atomic mass is 9.94. The molecule has 0 saturated heterocycles. The molecule has 21 heavy (non-hydrogen) atoms. The van der Waals surface area contributed by atoms with E-state index >= 15 is 0 Å². The Kier molecular flexibility index (Phi) is 3.98. The Morgan fingerprint density at radius 1 is 1.10 bits per heavy atom. The minimum absolute atomic E-state index is 0.0667. The predicted octanol–water partition coefficient (Wildman–Crippen LogP) is 3.87. The van der Waals surface area contributed by atoms with E-state index in [1.807, 2.05) is 0 Å². The van der Waals surface area contributed by atoms with Crippen molar-refractivity contribution in [1.82, 2.24) is 0 Å². The maximum atomic E-state index is 6.47. The van der Waals surface area contributed by atoms with Crippen molar-refractivity contribution in [1.29, 1.82) is 0 Å². The van der Waals surface area contributed by atoms with Crippen LogP contribution in [0.2, 0.25) is 0 Å². The van der Waals surface area contributed by atoms with Gasteiger partial charge >= 0.3 is 0 Å². The van der Waals surface area contributed by atoms with Crippen molar-refractivity contribution < 1.29 is 4.74 Å². The summed E-state index contributed by atoms with van der Waals surface area (Å²) in [5, 5.41) is 0. The van der Waals surface area contributed by atoms with Gasteiger partial charge in [0, 0.05) is 6.42 Å². The van der Waals surface area contributed by atoms with Gasteiger partial charge in [-0.25, -0.2) is 0 Å². The van der Waals surface area contributed by atoms with Crippen LogP contribution in [0, 0.1) is 5.92 Å². The van der Waals surface area contributed by atoms with Crippen molar-refractivity contribution in [2.45, 2.75) is 32.7 Å². The van der Waals surface area contributed by atoms with E-state index < -0.39 is 0 Å². The topological polar surface area (TPSA) is 35.2 Å². The summed E-state index contributed by atoms with van der Waals surface area (Å²) in [5.74, 6) is 1.67. The van der Waals surface area contributed by atoms with Crippen molar-refractivity contribution >= 4 is 0 Å². The van der Waals surface area contributed by atoms with Crippen LogP contribution in [0.3, 0.4) is 0 Å². The lowest BCUT2D eigenvalue weighted by Gasteiger charge is -2.15. The quantitative estimate of drug-likeness (QED) is 0.923. The van der Waals surface area contributed by atoms with Crippen LogP contribution in [0.4, 0.5) is 0 Å². The summed E-state index contributed by atoms with van der Waals surface area (Å²) in [5.41, 5.74) is 11.5. The van der Waals surface area contributed by atoms with Gasteiger partial charge in [0.1, 0.15) is 5.75 Å². The first-order chi connectivity index (χ1) is 10.1. The van der Waals surface area contributed by atoms with Gasteiger partial charge in [-0.1, -0.05) is 50.2 Å². The molecule has 1 aliphatic rings. The third-order valence-corrected chi connectivity index (χ3v) is 4.03. The molecule has 3 rings (SSSR count). The molecule has 1 heterocycles. The number of ether oxygens (including phenoxy) is 1. The monoisotopic (exact) mass is 281 g/mol. The smallest absolute Gasteiger partial charge is 0.122 e. The maximum absolute atomic E-state index is 6.47. The van der Waals surface area contributed by atoms with Crippen molar-refractivity contribution in [3.8, 4) is 5.75 Å². The summed E-state index contributed by atoms with van der Waals surface area (Å²) in [6.45, 7) is 5.28. The second-order valence-electron chi connectivity index (χ2n) is 6.29. The van der Waals surface area contributed by atoms with Crippen LogP contribution in [0.5, 0.6) is 5.75 Å². The van der Waals surface area contributed by atoms with E-state index in [0.29, 0.717) is 5.92 Å². The molecule has 2 N–H and O–H groups in total. The summed E-state index contributed by atoms with van der Waals surface area (Å²) >= 11 is 0. The predicted molar refractivity (Wildman–Crippen MR) is 86.7 cm³/mol. The molecule has 1 unspecified atom stereocenters. The van der Waals surface area contributed by atoms with Gasteiger partial charge in [0.2, 0.25) is 0 Å². The molecular formula is C19H23NO. The van der Waals surface area contributed by atoms with Crippen LogP contribution < -0.4 is 10.5 Å². The molecule has 0 fully saturated rings. The van der Waals surface area contributed by atoms with Crippen LogP contribution in [0.15, 0.2) is 42.5 Å². The van der Waals surface area contributed by atoms with Crippen LogP contribution >= 0.6 is 0 Å². The molecule has 110 valence electrons. The molecule has 0 amide bonds. The third-order valence-electron chi connectivity index (χ3n) is 4.03. The average molecular weight is 281 g/mol. The molecule has 0 saturated carbocycles. The van der Waals surface area contributed by atoms with Gasteiger partial charge in [0.15, 0.2) is 0 Å². The largest absolute Gasteiger partial charge is 0.493 e. The summed E-state index contributed by atoms with van der Waals surface area (Å²) in [4.78, 5) is 0. The lowest BCUT2D eigenvalue weighted by Crippen LogP contribution is -2.12. The minimum Gasteiger partial charge on any atom is -0.493 e. The molecule has 2 nitrogen and oxygen atoms in total. The summed E-state index contributed by atoms with van der Waals surface area (Å²) < 4.78 is 5.56. The van der Waals surface area contributed by atoms with Crippen LogP contribution in [-0.2, 0) is 12.8 Å². The van der Waals surface area contributed by atoms with Crippen molar-refractivity contribution in [2.75, 3.05) is 6.61 Å². The molecule has 0 radical (unpaired) electrons. The molecule has 1 aliphatic heterocycles. The zero-order chi connectivity index (χ0) is 14.8. The molecule has 0 aromatic heterocycles. The second kappa shape index (κ2) is 5.90. The number of fused-ring (bicyclic) bond motifs is 1. The molecule has 0 aliphatic carbocycles. The van der Waals surface area contributed by atoms with Crippen LogP contribution in [0.1, 0.15) is 42.1 Å². The minimum atomic E-state index is -0.0667. The maximum Gasteiger partial charge on any atom is 0.122 e. The summed E-state index contributed by atoms with van der Waals surface area (Å²) in [6.07, 6.45) is 2.09. The van der Waals surface area contributed by atoms with Crippen molar-refractivity contribution in [3.05, 3.63) is 64.7 Å². The van der Waals surface area contributed by atoms with Gasteiger partial charge in [-0.3, -0.25) is 0 Å². The van der Waals surface area contributed by atoms with Gasteiger partial charge in [0.05, 0.1) is 12.6 Å². The summed E-state index contributed by atoms with van der Waals surface area (Å²) in [7, 11) is 0. The van der Waals surface area contributed by atoms with E-state index in [-0.39, 0.29) is 6.04 Å². The Bertz CT molecular complexity index is 633. The highest BCUT2D eigenvalue weighted by atomic mass is 16.5. The number of rotatable bonds is 4. The number of nitrogens with two attached hydrogens (primary N) is 1. The highest BCUT2D eigenvalue weighted by molar-refractivity contribution is 5.43. The van der Waals surface area contributed by atoms with Gasteiger partial charge in [-0.2, -0.15) is 0 Å². The molecule has 2 heteroatoms. The fourth-order valence-corrected chi connectivity index (χ4v) is 2.98. The van der Waals surface area contributed by atoms with E-state index in [2.05, 4.69) is 56.3 Å². The van der Waals surface area contributed by atoms with Gasteiger partial charge in [-0.15, -0.1) is 0 Å². The fourth-order valence-electron chi connectivity index (χ4n) is 2.98. The molecule has 0 spiro atoms. The normalized spacial score (nSPS) is 14.9. The van der Waals surface area contributed by atoms with Crippen LogP contribution in [-0.4, -0.2) is 6.61 Å². The van der Waals surface area contributed by atoms with Crippen LogP contribution in [0.25, 0.3) is 0 Å². The highest BCUT2D eigenvalue weighted by Gasteiger charge is 2.16. The van der Waals surface area contributed by atoms with Crippen molar-refractivity contribution in [3.63, 3.8) is 0 Å². The van der Waals surface area contributed by atoms with E-state index in [1.165, 1.54) is 22.3 Å². The Balaban J connectivity index is 1.86. The zero-order valence-corrected chi connectivity index (χ0v) is 12.8. The van der Waals surface area contributed by atoms with Crippen molar-refractivity contribution in [2.24, 2.45) is 11.7 Å². The SMILES string of the molecule is CC(C)Cc1cccc(C(N)c2ccc3c(c2)CCO3)c1. The second-order valence-corrected chi connectivity index (χ2v) is 6.29. The first-order valence-electron chi connectivity index (χ1n) is 7.73. The highest BCUT2D eigenvalue weighted by Crippen LogP contribution is 2.30. The van der Waals surface area contributed by atoms with E-state index in [0.717, 1.165) is 25.2 Å². The molecule has 2 aromatic carbocycles. The van der Waals surface area contributed by atoms with E-state index in [1.54, 1.807) is 0 Å². The Morgan fingerprint density at radius 2 is 1.90 bits per heavy atom. The third kappa shape index (κ3) is 3.11. The molecular weight excluding hydrogens is 258 g/mol. The number of hydrogen-bond acceptors (Lipinski definition) is 2. The fraction of sp³-hybridized carbons (Fsp3) is 0.368. The lowest BCUT2D eigenvalue weighted by molar-refractivity contribution is 0.357. The number of benzene rings is 2. The average Bonchev–Trinajstić information content (AvgIpc) is 2.93. The molecule has 0 bridgehead atoms. The Hall–Kier alpha value is -1.80. The standard InChI is InChI=1S/C19H23NO/c1-13(2)10-14-4-3-5-16(11-14)19(20)17-6-7-18-15(12-17)8-9-21-18/h3-7,11-13,19H,8-10,20H2,1-2H3. The first-order valence-corrected chi connectivity index (χ1v) is 7.73. The van der Waals surface area contributed by atoms with Gasteiger partial charge in [-0.05, 0) is 40.7 Å². The Labute approximate surface area is 126 Å². The molecule has 1 atom stereocenters. The summed E-state index contributed by atoms with van der Waals surface area (Å²) in [6, 6.07) is 14.9. The molecule has 2 aromatic rings. The van der Waals surface area contributed by atoms with Gasteiger partial charge < -0.3 is 10.5 Å². The van der Waals surface area contributed by atoms with E-state index in [4.69, 9.17) is 10.5 Å². The Morgan fingerprint density at radius 3 is 2.71 bits per heavy atom. The van der Waals surface area contributed by atoms with Gasteiger partial charge in [0.25, 0.3) is 0 Å². The zero-order valence-electron chi connectivity index (χ0n) is 12.8. The first kappa shape index (κ1) is 14.2. The number of hydrogen-bond donors (Lipinski definition) is 1.